The molecule has 2 atom stereocenters. The van der Waals surface area contributed by atoms with E-state index in [0.29, 0.717) is 24.7 Å². The Balaban J connectivity index is 1.24. The number of rotatable bonds is 8. The van der Waals surface area contributed by atoms with E-state index in [4.69, 9.17) is 4.74 Å². The molecule has 3 aliphatic carbocycles. The van der Waals surface area contributed by atoms with Crippen LogP contribution in [-0.4, -0.2) is 47.0 Å². The largest absolute Gasteiger partial charge is 0.493 e. The second kappa shape index (κ2) is 8.91. The monoisotopic (exact) mass is 501 g/mol. The zero-order chi connectivity index (χ0) is 24.2. The van der Waals surface area contributed by atoms with E-state index in [1.54, 1.807) is 4.40 Å². The smallest absolute Gasteiger partial charge is 0.303 e. The molecule has 1 aliphatic heterocycles. The van der Waals surface area contributed by atoms with Crippen molar-refractivity contribution < 1.29 is 13.2 Å². The summed E-state index contributed by atoms with van der Waals surface area (Å²) in [4.78, 5) is 0. The maximum Gasteiger partial charge on any atom is 0.303 e. The van der Waals surface area contributed by atoms with Crippen molar-refractivity contribution in [3.8, 4) is 5.75 Å². The van der Waals surface area contributed by atoms with Crippen LogP contribution in [0.5, 0.6) is 5.75 Å². The van der Waals surface area contributed by atoms with Crippen LogP contribution >= 0.6 is 0 Å². The van der Waals surface area contributed by atoms with Gasteiger partial charge in [0, 0.05) is 36.3 Å². The van der Waals surface area contributed by atoms with Gasteiger partial charge in [-0.15, -0.1) is 10.2 Å². The minimum Gasteiger partial charge on any atom is -0.493 e. The topological polar surface area (TPSA) is 88.8 Å². The highest BCUT2D eigenvalue weighted by Gasteiger charge is 2.43. The van der Waals surface area contributed by atoms with Gasteiger partial charge in [-0.1, -0.05) is 13.8 Å². The lowest BCUT2D eigenvalue weighted by molar-refractivity contribution is -0.000597. The Morgan fingerprint density at radius 2 is 1.83 bits per heavy atom. The molecule has 0 radical (unpaired) electrons. The summed E-state index contributed by atoms with van der Waals surface area (Å²) in [6, 6.07) is 1.96. The van der Waals surface area contributed by atoms with E-state index in [0.717, 1.165) is 67.8 Å². The first-order valence-corrected chi connectivity index (χ1v) is 15.1. The summed E-state index contributed by atoms with van der Waals surface area (Å²) in [5.74, 6) is 4.16. The van der Waals surface area contributed by atoms with Gasteiger partial charge in [0.15, 0.2) is 5.65 Å². The third-order valence-corrected chi connectivity index (χ3v) is 10.5. The highest BCUT2D eigenvalue weighted by molar-refractivity contribution is 7.90. The minimum atomic E-state index is -3.62. The Hall–Kier alpha value is -1.87. The zero-order valence-electron chi connectivity index (χ0n) is 21.1. The van der Waals surface area contributed by atoms with Crippen LogP contribution in [0.25, 0.3) is 5.65 Å². The fourth-order valence-corrected chi connectivity index (χ4v) is 8.45. The quantitative estimate of drug-likeness (QED) is 0.551. The number of anilines is 1. The van der Waals surface area contributed by atoms with Crippen molar-refractivity contribution in [2.24, 2.45) is 23.2 Å². The summed E-state index contributed by atoms with van der Waals surface area (Å²) in [6.07, 6.45) is 13.9. The van der Waals surface area contributed by atoms with E-state index < -0.39 is 10.2 Å². The van der Waals surface area contributed by atoms with Crippen molar-refractivity contribution in [2.75, 3.05) is 24.4 Å². The summed E-state index contributed by atoms with van der Waals surface area (Å²) < 4.78 is 38.2. The number of nitrogens with one attached hydrogen (secondary N) is 1. The molecule has 2 bridgehead atoms. The molecule has 4 aliphatic rings. The van der Waals surface area contributed by atoms with Crippen LogP contribution in [0, 0.1) is 23.2 Å². The van der Waals surface area contributed by atoms with E-state index in [2.05, 4.69) is 28.8 Å². The van der Waals surface area contributed by atoms with Crippen molar-refractivity contribution in [1.82, 2.24) is 18.9 Å². The average molecular weight is 502 g/mol. The molecular formula is C26H39N5O3S. The van der Waals surface area contributed by atoms with Crippen LogP contribution < -0.4 is 9.46 Å². The molecule has 0 spiro atoms. The van der Waals surface area contributed by atoms with Crippen LogP contribution in [0.4, 0.5) is 5.95 Å². The molecule has 3 saturated carbocycles. The van der Waals surface area contributed by atoms with Crippen LogP contribution in [0.1, 0.15) is 89.5 Å². The number of fused-ring (bicyclic) bond motifs is 3. The van der Waals surface area contributed by atoms with Gasteiger partial charge in [0.2, 0.25) is 5.95 Å². The molecule has 2 unspecified atom stereocenters. The van der Waals surface area contributed by atoms with Gasteiger partial charge in [0.25, 0.3) is 0 Å². The average Bonchev–Trinajstić information content (AvgIpc) is 3.35. The molecule has 6 rings (SSSR count). The van der Waals surface area contributed by atoms with E-state index >= 15 is 0 Å². The van der Waals surface area contributed by atoms with Gasteiger partial charge >= 0.3 is 10.2 Å². The SMILES string of the molecule is CCC1(COc2cc3nnc(NS(=O)(=O)N4CCCC4)n3cc2C2CC2)CC2CC(C)CC(C2)C1. The first kappa shape index (κ1) is 23.5. The molecule has 2 aromatic rings. The molecule has 4 fully saturated rings. The Bertz CT molecular complexity index is 1170. The molecule has 9 heteroatoms. The van der Waals surface area contributed by atoms with E-state index in [1.165, 1.54) is 36.4 Å². The molecule has 0 amide bonds. The fourth-order valence-electron chi connectivity index (χ4n) is 7.22. The Kier molecular flexibility index (Phi) is 5.99. The van der Waals surface area contributed by atoms with Crippen molar-refractivity contribution >= 4 is 21.8 Å². The predicted molar refractivity (Wildman–Crippen MR) is 136 cm³/mol. The minimum absolute atomic E-state index is 0.250. The van der Waals surface area contributed by atoms with Crippen LogP contribution in [0.3, 0.4) is 0 Å². The van der Waals surface area contributed by atoms with E-state index in [9.17, 15) is 8.42 Å². The van der Waals surface area contributed by atoms with Crippen LogP contribution in [0.15, 0.2) is 12.3 Å². The lowest BCUT2D eigenvalue weighted by Gasteiger charge is -2.48. The molecule has 8 nitrogen and oxygen atoms in total. The van der Waals surface area contributed by atoms with Gasteiger partial charge in [-0.2, -0.15) is 12.7 Å². The maximum atomic E-state index is 12.8. The van der Waals surface area contributed by atoms with Gasteiger partial charge in [-0.05, 0) is 87.9 Å². The lowest BCUT2D eigenvalue weighted by atomic mass is 9.58. The number of ether oxygens (including phenoxy) is 1. The third kappa shape index (κ3) is 4.66. The molecule has 3 heterocycles. The number of aromatic nitrogens is 3. The van der Waals surface area contributed by atoms with Gasteiger partial charge < -0.3 is 4.74 Å². The number of hydrogen-bond acceptors (Lipinski definition) is 5. The molecule has 1 saturated heterocycles. The molecule has 1 N–H and O–H groups in total. The normalized spacial score (nSPS) is 31.7. The molecule has 35 heavy (non-hydrogen) atoms. The Morgan fingerprint density at radius 1 is 1.11 bits per heavy atom. The Morgan fingerprint density at radius 3 is 2.49 bits per heavy atom. The fraction of sp³-hybridized carbons (Fsp3) is 0.769. The molecular weight excluding hydrogens is 462 g/mol. The van der Waals surface area contributed by atoms with E-state index in [1.807, 2.05) is 12.3 Å². The van der Waals surface area contributed by atoms with Gasteiger partial charge in [0.05, 0.1) is 6.61 Å². The van der Waals surface area contributed by atoms with Gasteiger partial charge in [-0.25, -0.2) is 4.72 Å². The summed E-state index contributed by atoms with van der Waals surface area (Å²) in [5.41, 5.74) is 2.02. The third-order valence-electron chi connectivity index (χ3n) is 9.04. The van der Waals surface area contributed by atoms with Crippen LogP contribution in [0.2, 0.25) is 0 Å². The van der Waals surface area contributed by atoms with Gasteiger partial charge in [-0.3, -0.25) is 4.40 Å². The number of pyridine rings is 1. The highest BCUT2D eigenvalue weighted by Crippen LogP contribution is 2.52. The summed E-state index contributed by atoms with van der Waals surface area (Å²) >= 11 is 0. The first-order valence-electron chi connectivity index (χ1n) is 13.6. The standard InChI is InChI=1S/C26H39N5O3S/c1-3-26(14-19-10-18(2)11-20(12-19)15-26)17-34-23-13-24-27-28-25(31(24)16-22(23)21-6-7-21)29-35(32,33)30-8-4-5-9-30/h13,16,18-21H,3-12,14-15,17H2,1-2H3,(H,28,29). The summed E-state index contributed by atoms with van der Waals surface area (Å²) in [6.45, 7) is 6.61. The van der Waals surface area contributed by atoms with Crippen molar-refractivity contribution in [3.05, 3.63) is 17.8 Å². The predicted octanol–water partition coefficient (Wildman–Crippen LogP) is 4.98. The molecule has 2 aromatic heterocycles. The molecule has 192 valence electrons. The second-order valence-electron chi connectivity index (χ2n) is 11.9. The van der Waals surface area contributed by atoms with Crippen molar-refractivity contribution in [3.63, 3.8) is 0 Å². The summed E-state index contributed by atoms with van der Waals surface area (Å²) in [7, 11) is -3.62. The number of hydrogen-bond donors (Lipinski definition) is 1. The lowest BCUT2D eigenvalue weighted by Crippen LogP contribution is -2.41. The van der Waals surface area contributed by atoms with Crippen LogP contribution in [-0.2, 0) is 10.2 Å². The van der Waals surface area contributed by atoms with Gasteiger partial charge in [0.1, 0.15) is 5.75 Å². The second-order valence-corrected chi connectivity index (χ2v) is 13.6. The number of nitrogens with zero attached hydrogens (tertiary/aromatic N) is 4. The summed E-state index contributed by atoms with van der Waals surface area (Å²) in [5, 5.41) is 8.47. The van der Waals surface area contributed by atoms with Crippen molar-refractivity contribution in [2.45, 2.75) is 84.0 Å². The first-order chi connectivity index (χ1) is 16.8. The van der Waals surface area contributed by atoms with E-state index in [-0.39, 0.29) is 11.4 Å². The highest BCUT2D eigenvalue weighted by atomic mass is 32.2. The Labute approximate surface area is 209 Å². The zero-order valence-corrected chi connectivity index (χ0v) is 21.9. The maximum absolute atomic E-state index is 12.8. The van der Waals surface area contributed by atoms with Crippen molar-refractivity contribution in [1.29, 1.82) is 0 Å². The molecule has 0 aromatic carbocycles.